The van der Waals surface area contributed by atoms with Gasteiger partial charge in [-0.25, -0.2) is 0 Å². The number of aryl methyl sites for hydroxylation is 1. The molecule has 0 spiro atoms. The summed E-state index contributed by atoms with van der Waals surface area (Å²) in [4.78, 5) is 18.1. The highest BCUT2D eigenvalue weighted by Gasteiger charge is 2.30. The first-order valence-electron chi connectivity index (χ1n) is 7.69. The zero-order valence-corrected chi connectivity index (χ0v) is 13.8. The number of carbonyl (C=O) groups excluding carboxylic acids is 1. The van der Waals surface area contributed by atoms with Gasteiger partial charge in [0.1, 0.15) is 0 Å². The van der Waals surface area contributed by atoms with E-state index >= 15 is 0 Å². The lowest BCUT2D eigenvalue weighted by atomic mass is 10.2. The molecule has 1 aromatic rings. The van der Waals surface area contributed by atoms with E-state index in [2.05, 4.69) is 10.2 Å². The first-order chi connectivity index (χ1) is 10.2. The monoisotopic (exact) mass is 327 g/mol. The van der Waals surface area contributed by atoms with Gasteiger partial charge in [0, 0.05) is 56.6 Å². The van der Waals surface area contributed by atoms with Crippen LogP contribution in [-0.4, -0.2) is 61.0 Å². The Balaban J connectivity index is 1.45. The molecule has 1 N–H and O–H groups in total. The SMILES string of the molecule is O=C(CCc1ccc(Cl)s1)N1CCC(N2CCNCC2)C1. The van der Waals surface area contributed by atoms with Crippen LogP contribution < -0.4 is 5.32 Å². The molecular weight excluding hydrogens is 306 g/mol. The molecule has 0 aliphatic carbocycles. The Labute approximate surface area is 135 Å². The van der Waals surface area contributed by atoms with Crippen molar-refractivity contribution in [2.45, 2.75) is 25.3 Å². The predicted molar refractivity (Wildman–Crippen MR) is 87.1 cm³/mol. The molecule has 1 atom stereocenters. The molecule has 21 heavy (non-hydrogen) atoms. The molecule has 4 nitrogen and oxygen atoms in total. The number of nitrogens with one attached hydrogen (secondary N) is 1. The summed E-state index contributed by atoms with van der Waals surface area (Å²) in [6.45, 7) is 6.19. The number of carbonyl (C=O) groups is 1. The first-order valence-corrected chi connectivity index (χ1v) is 8.88. The smallest absolute Gasteiger partial charge is 0.222 e. The minimum Gasteiger partial charge on any atom is -0.341 e. The van der Waals surface area contributed by atoms with Crippen molar-refractivity contribution in [3.05, 3.63) is 21.3 Å². The fourth-order valence-electron chi connectivity index (χ4n) is 3.19. The Kier molecular flexibility index (Phi) is 5.16. The lowest BCUT2D eigenvalue weighted by Gasteiger charge is -2.32. The standard InChI is InChI=1S/C15H22ClN3OS/c16-14-3-1-13(21-14)2-4-15(20)19-8-5-12(11-19)18-9-6-17-7-10-18/h1,3,12,17H,2,4-11H2. The van der Waals surface area contributed by atoms with Gasteiger partial charge in [0.2, 0.25) is 5.91 Å². The summed E-state index contributed by atoms with van der Waals surface area (Å²) in [5, 5.41) is 3.38. The summed E-state index contributed by atoms with van der Waals surface area (Å²) < 4.78 is 0.803. The summed E-state index contributed by atoms with van der Waals surface area (Å²) in [5.41, 5.74) is 0. The van der Waals surface area contributed by atoms with E-state index < -0.39 is 0 Å². The quantitative estimate of drug-likeness (QED) is 0.916. The van der Waals surface area contributed by atoms with Crippen LogP contribution in [0.1, 0.15) is 17.7 Å². The maximum atomic E-state index is 12.3. The molecule has 2 fully saturated rings. The van der Waals surface area contributed by atoms with E-state index in [1.807, 2.05) is 17.0 Å². The van der Waals surface area contributed by atoms with Gasteiger partial charge in [-0.3, -0.25) is 9.69 Å². The maximum absolute atomic E-state index is 12.3. The summed E-state index contributed by atoms with van der Waals surface area (Å²) in [6, 6.07) is 4.49. The van der Waals surface area contributed by atoms with Gasteiger partial charge in [0.05, 0.1) is 4.34 Å². The van der Waals surface area contributed by atoms with Gasteiger partial charge in [-0.15, -0.1) is 11.3 Å². The van der Waals surface area contributed by atoms with Crippen LogP contribution in [0.4, 0.5) is 0 Å². The van der Waals surface area contributed by atoms with Crippen molar-refractivity contribution in [1.29, 1.82) is 0 Å². The van der Waals surface area contributed by atoms with E-state index in [1.165, 1.54) is 4.88 Å². The van der Waals surface area contributed by atoms with Crippen LogP contribution in [0, 0.1) is 0 Å². The highest BCUT2D eigenvalue weighted by molar-refractivity contribution is 7.16. The molecule has 6 heteroatoms. The summed E-state index contributed by atoms with van der Waals surface area (Å²) in [7, 11) is 0. The van der Waals surface area contributed by atoms with Crippen molar-refractivity contribution in [3.63, 3.8) is 0 Å². The highest BCUT2D eigenvalue weighted by Crippen LogP contribution is 2.23. The normalized spacial score (nSPS) is 23.7. The van der Waals surface area contributed by atoms with Gasteiger partial charge in [-0.05, 0) is 25.0 Å². The molecule has 2 saturated heterocycles. The topological polar surface area (TPSA) is 35.6 Å². The van der Waals surface area contributed by atoms with Crippen LogP contribution in [0.5, 0.6) is 0 Å². The van der Waals surface area contributed by atoms with E-state index in [4.69, 9.17) is 11.6 Å². The molecule has 0 saturated carbocycles. The third-order valence-corrected chi connectivity index (χ3v) is 5.69. The molecule has 0 bridgehead atoms. The number of hydrogen-bond acceptors (Lipinski definition) is 4. The van der Waals surface area contributed by atoms with Crippen LogP contribution in [0.3, 0.4) is 0 Å². The Morgan fingerprint density at radius 1 is 1.33 bits per heavy atom. The Morgan fingerprint density at radius 2 is 2.14 bits per heavy atom. The zero-order valence-electron chi connectivity index (χ0n) is 12.2. The summed E-state index contributed by atoms with van der Waals surface area (Å²) in [6.07, 6.45) is 2.53. The van der Waals surface area contributed by atoms with Crippen LogP contribution in [0.15, 0.2) is 12.1 Å². The zero-order chi connectivity index (χ0) is 14.7. The number of nitrogens with zero attached hydrogens (tertiary/aromatic N) is 2. The van der Waals surface area contributed by atoms with E-state index in [0.29, 0.717) is 12.5 Å². The van der Waals surface area contributed by atoms with Crippen molar-refractivity contribution in [3.8, 4) is 0 Å². The third-order valence-electron chi connectivity index (χ3n) is 4.40. The molecule has 3 rings (SSSR count). The van der Waals surface area contributed by atoms with Crippen LogP contribution in [-0.2, 0) is 11.2 Å². The average molecular weight is 328 g/mol. The van der Waals surface area contributed by atoms with Gasteiger partial charge in [-0.2, -0.15) is 0 Å². The van der Waals surface area contributed by atoms with Crippen molar-refractivity contribution in [1.82, 2.24) is 15.1 Å². The minimum atomic E-state index is 0.289. The van der Waals surface area contributed by atoms with E-state index in [-0.39, 0.29) is 5.91 Å². The number of rotatable bonds is 4. The molecule has 2 aliphatic heterocycles. The average Bonchev–Trinajstić information content (AvgIpc) is 3.15. The molecule has 116 valence electrons. The first kappa shape index (κ1) is 15.3. The van der Waals surface area contributed by atoms with Crippen molar-refractivity contribution in [2.75, 3.05) is 39.3 Å². The maximum Gasteiger partial charge on any atom is 0.222 e. The van der Waals surface area contributed by atoms with E-state index in [1.54, 1.807) is 11.3 Å². The number of piperazine rings is 1. The molecule has 3 heterocycles. The van der Waals surface area contributed by atoms with Crippen molar-refractivity contribution in [2.24, 2.45) is 0 Å². The lowest BCUT2D eigenvalue weighted by molar-refractivity contribution is -0.130. The number of halogens is 1. The van der Waals surface area contributed by atoms with Crippen molar-refractivity contribution >= 4 is 28.8 Å². The molecule has 0 aromatic carbocycles. The Hall–Kier alpha value is -0.620. The van der Waals surface area contributed by atoms with Crippen LogP contribution in [0.2, 0.25) is 4.34 Å². The number of hydrogen-bond donors (Lipinski definition) is 1. The van der Waals surface area contributed by atoms with E-state index in [0.717, 1.165) is 56.4 Å². The predicted octanol–water partition coefficient (Wildman–Crippen LogP) is 1.84. The Morgan fingerprint density at radius 3 is 2.86 bits per heavy atom. The molecule has 0 radical (unpaired) electrons. The van der Waals surface area contributed by atoms with Gasteiger partial charge in [0.25, 0.3) is 0 Å². The van der Waals surface area contributed by atoms with Crippen molar-refractivity contribution < 1.29 is 4.79 Å². The fraction of sp³-hybridized carbons (Fsp3) is 0.667. The molecular formula is C15H22ClN3OS. The van der Waals surface area contributed by atoms with Crippen LogP contribution in [0.25, 0.3) is 0 Å². The molecule has 1 aromatic heterocycles. The summed E-state index contributed by atoms with van der Waals surface area (Å²) >= 11 is 7.50. The molecule has 2 aliphatic rings. The second kappa shape index (κ2) is 7.09. The Bertz CT molecular complexity index is 487. The second-order valence-electron chi connectivity index (χ2n) is 5.77. The van der Waals surface area contributed by atoms with Gasteiger partial charge in [-0.1, -0.05) is 11.6 Å². The lowest BCUT2D eigenvalue weighted by Crippen LogP contribution is -2.49. The van der Waals surface area contributed by atoms with Gasteiger partial charge in [0.15, 0.2) is 0 Å². The molecule has 1 unspecified atom stereocenters. The molecule has 1 amide bonds. The largest absolute Gasteiger partial charge is 0.341 e. The van der Waals surface area contributed by atoms with E-state index in [9.17, 15) is 4.79 Å². The van der Waals surface area contributed by atoms with Gasteiger partial charge >= 0.3 is 0 Å². The fourth-order valence-corrected chi connectivity index (χ4v) is 4.28. The van der Waals surface area contributed by atoms with Gasteiger partial charge < -0.3 is 10.2 Å². The second-order valence-corrected chi connectivity index (χ2v) is 7.57. The number of thiophene rings is 1. The summed E-state index contributed by atoms with van der Waals surface area (Å²) in [5.74, 6) is 0.289. The van der Waals surface area contributed by atoms with Crippen LogP contribution >= 0.6 is 22.9 Å². The third kappa shape index (κ3) is 3.97. The minimum absolute atomic E-state index is 0.289. The number of amides is 1. The number of likely N-dealkylation sites (tertiary alicyclic amines) is 1. The highest BCUT2D eigenvalue weighted by atomic mass is 35.5.